The maximum absolute atomic E-state index is 4.32. The normalized spacial score (nSPS) is 12.2. The van der Waals surface area contributed by atoms with E-state index in [2.05, 4.69) is 114 Å². The summed E-state index contributed by atoms with van der Waals surface area (Å²) < 4.78 is -0.238. The molecule has 0 amide bonds. The van der Waals surface area contributed by atoms with Gasteiger partial charge in [-0.3, -0.25) is 0 Å². The van der Waals surface area contributed by atoms with Crippen LogP contribution in [0.25, 0.3) is 0 Å². The molecular formula is C30H40BrP. The summed E-state index contributed by atoms with van der Waals surface area (Å²) in [5, 5.41) is 0. The number of unbranched alkanes of at least 4 members (excludes halogenated alkanes) is 7. The van der Waals surface area contributed by atoms with Crippen LogP contribution in [-0.2, 0) is 4.32 Å². The molecule has 0 heterocycles. The van der Waals surface area contributed by atoms with E-state index in [1.807, 2.05) is 0 Å². The van der Waals surface area contributed by atoms with Gasteiger partial charge in [0.25, 0.3) is 0 Å². The topological polar surface area (TPSA) is 0 Å². The highest BCUT2D eigenvalue weighted by atomic mass is 79.9. The second kappa shape index (κ2) is 14.7. The SMILES string of the molecule is CCCCCCCCCCC(c1ccccc1)C(Br)(c1ccccc1)c1ccccc1.P. The zero-order chi connectivity index (χ0) is 21.8. The van der Waals surface area contributed by atoms with Crippen molar-refractivity contribution >= 4 is 25.8 Å². The minimum absolute atomic E-state index is 0. The van der Waals surface area contributed by atoms with Gasteiger partial charge in [0.2, 0.25) is 0 Å². The summed E-state index contributed by atoms with van der Waals surface area (Å²) in [7, 11) is 0. The highest BCUT2D eigenvalue weighted by Crippen LogP contribution is 2.51. The van der Waals surface area contributed by atoms with Crippen molar-refractivity contribution in [3.63, 3.8) is 0 Å². The molecule has 3 aromatic carbocycles. The third-order valence-electron chi connectivity index (χ3n) is 6.42. The average molecular weight is 512 g/mol. The van der Waals surface area contributed by atoms with Crippen LogP contribution in [0.4, 0.5) is 0 Å². The largest absolute Gasteiger partial charge is 0.153 e. The van der Waals surface area contributed by atoms with E-state index in [1.54, 1.807) is 0 Å². The molecule has 0 fully saturated rings. The predicted octanol–water partition coefficient (Wildman–Crippen LogP) is 9.70. The number of rotatable bonds is 13. The molecule has 0 aliphatic rings. The Balaban J connectivity index is 0.00000363. The van der Waals surface area contributed by atoms with E-state index in [1.165, 1.54) is 74.5 Å². The molecule has 0 bridgehead atoms. The van der Waals surface area contributed by atoms with Crippen LogP contribution < -0.4 is 0 Å². The number of halogens is 1. The monoisotopic (exact) mass is 510 g/mol. The van der Waals surface area contributed by atoms with Gasteiger partial charge in [-0.1, -0.05) is 165 Å². The first-order valence-electron chi connectivity index (χ1n) is 12.1. The lowest BCUT2D eigenvalue weighted by Crippen LogP contribution is -2.29. The van der Waals surface area contributed by atoms with Crippen molar-refractivity contribution in [2.75, 3.05) is 0 Å². The molecule has 0 N–H and O–H groups in total. The van der Waals surface area contributed by atoms with Crippen LogP contribution >= 0.6 is 25.8 Å². The van der Waals surface area contributed by atoms with E-state index in [0.29, 0.717) is 5.92 Å². The second-order valence-electron chi connectivity index (χ2n) is 8.67. The molecule has 2 atom stereocenters. The molecule has 0 aliphatic heterocycles. The van der Waals surface area contributed by atoms with Crippen molar-refractivity contribution in [1.29, 1.82) is 0 Å². The van der Waals surface area contributed by atoms with Crippen LogP contribution in [0.5, 0.6) is 0 Å². The van der Waals surface area contributed by atoms with Crippen LogP contribution in [0.15, 0.2) is 91.0 Å². The first kappa shape index (κ1) is 26.8. The molecule has 3 aromatic rings. The first-order chi connectivity index (χ1) is 15.3. The summed E-state index contributed by atoms with van der Waals surface area (Å²) in [4.78, 5) is 0. The van der Waals surface area contributed by atoms with E-state index < -0.39 is 0 Å². The van der Waals surface area contributed by atoms with Crippen molar-refractivity contribution in [1.82, 2.24) is 0 Å². The molecule has 172 valence electrons. The number of benzene rings is 3. The van der Waals surface area contributed by atoms with Crippen molar-refractivity contribution in [3.8, 4) is 0 Å². The van der Waals surface area contributed by atoms with Crippen LogP contribution in [0.3, 0.4) is 0 Å². The minimum atomic E-state index is -0.238. The van der Waals surface area contributed by atoms with Gasteiger partial charge in [-0.2, -0.15) is 9.90 Å². The van der Waals surface area contributed by atoms with Crippen molar-refractivity contribution in [2.45, 2.75) is 75.0 Å². The summed E-state index contributed by atoms with van der Waals surface area (Å²) >= 11 is 4.32. The molecule has 0 spiro atoms. The van der Waals surface area contributed by atoms with Crippen molar-refractivity contribution in [2.24, 2.45) is 0 Å². The Hall–Kier alpha value is -1.43. The molecule has 0 nitrogen and oxygen atoms in total. The van der Waals surface area contributed by atoms with E-state index >= 15 is 0 Å². The maximum atomic E-state index is 4.32. The summed E-state index contributed by atoms with van der Waals surface area (Å²) in [5.74, 6) is 0.374. The van der Waals surface area contributed by atoms with Gasteiger partial charge in [-0.15, -0.1) is 0 Å². The van der Waals surface area contributed by atoms with E-state index in [-0.39, 0.29) is 14.2 Å². The van der Waals surface area contributed by atoms with E-state index in [0.717, 1.165) is 0 Å². The molecule has 3 rings (SSSR count). The molecule has 0 aliphatic carbocycles. The zero-order valence-corrected chi connectivity index (χ0v) is 22.7. The van der Waals surface area contributed by atoms with E-state index in [9.17, 15) is 0 Å². The molecule has 32 heavy (non-hydrogen) atoms. The van der Waals surface area contributed by atoms with Crippen LogP contribution in [0.2, 0.25) is 0 Å². The van der Waals surface area contributed by atoms with Gasteiger partial charge >= 0.3 is 0 Å². The second-order valence-corrected chi connectivity index (χ2v) is 9.92. The van der Waals surface area contributed by atoms with Gasteiger partial charge in [-0.25, -0.2) is 0 Å². The van der Waals surface area contributed by atoms with Gasteiger partial charge < -0.3 is 0 Å². The Morgan fingerprint density at radius 2 is 1.00 bits per heavy atom. The Labute approximate surface area is 208 Å². The molecular weight excluding hydrogens is 471 g/mol. The van der Waals surface area contributed by atoms with Gasteiger partial charge in [0, 0.05) is 5.92 Å². The number of alkyl halides is 1. The standard InChI is InChI=1S/C30H37Br.H3P/c1-2-3-4-5-6-7-8-18-25-29(26-19-12-9-13-20-26)30(31,27-21-14-10-15-22-27)28-23-16-11-17-24-28;/h9-17,19-24,29H,2-8,18,25H2,1H3;1H3. The smallest absolute Gasteiger partial charge is 0.0822 e. The highest BCUT2D eigenvalue weighted by Gasteiger charge is 2.40. The van der Waals surface area contributed by atoms with E-state index in [4.69, 9.17) is 0 Å². The molecule has 2 unspecified atom stereocenters. The van der Waals surface area contributed by atoms with Crippen molar-refractivity contribution < 1.29 is 0 Å². The quantitative estimate of drug-likeness (QED) is 0.122. The fraction of sp³-hybridized carbons (Fsp3) is 0.400. The predicted molar refractivity (Wildman–Crippen MR) is 150 cm³/mol. The molecule has 2 heteroatoms. The third-order valence-corrected chi connectivity index (χ3v) is 7.88. The summed E-state index contributed by atoms with van der Waals surface area (Å²) in [6.07, 6.45) is 12.0. The highest BCUT2D eigenvalue weighted by molar-refractivity contribution is 9.09. The third kappa shape index (κ3) is 7.29. The fourth-order valence-corrected chi connectivity index (χ4v) is 5.72. The maximum Gasteiger partial charge on any atom is 0.0822 e. The molecule has 0 saturated carbocycles. The first-order valence-corrected chi connectivity index (χ1v) is 12.9. The molecule has 0 aromatic heterocycles. The van der Waals surface area contributed by atoms with Crippen LogP contribution in [0.1, 0.15) is 87.3 Å². The number of hydrogen-bond donors (Lipinski definition) is 0. The Bertz CT molecular complexity index is 808. The van der Waals surface area contributed by atoms with Gasteiger partial charge in [0.1, 0.15) is 0 Å². The summed E-state index contributed by atoms with van der Waals surface area (Å²) in [5.41, 5.74) is 4.07. The number of hydrogen-bond acceptors (Lipinski definition) is 0. The summed E-state index contributed by atoms with van der Waals surface area (Å²) in [6, 6.07) is 33.0. The van der Waals surface area contributed by atoms with Crippen molar-refractivity contribution in [3.05, 3.63) is 108 Å². The Morgan fingerprint density at radius 1 is 0.594 bits per heavy atom. The molecule has 0 saturated heterocycles. The van der Waals surface area contributed by atoms with Gasteiger partial charge in [0.15, 0.2) is 0 Å². The Kier molecular flexibility index (Phi) is 12.3. The lowest BCUT2D eigenvalue weighted by molar-refractivity contribution is 0.484. The van der Waals surface area contributed by atoms with Crippen LogP contribution in [0, 0.1) is 0 Å². The lowest BCUT2D eigenvalue weighted by Gasteiger charge is -2.38. The van der Waals surface area contributed by atoms with Crippen LogP contribution in [-0.4, -0.2) is 0 Å². The summed E-state index contributed by atoms with van der Waals surface area (Å²) in [6.45, 7) is 2.29. The Morgan fingerprint density at radius 3 is 1.47 bits per heavy atom. The molecule has 0 radical (unpaired) electrons. The fourth-order valence-electron chi connectivity index (χ4n) is 4.69. The average Bonchev–Trinajstić information content (AvgIpc) is 2.84. The van der Waals surface area contributed by atoms with Gasteiger partial charge in [-0.05, 0) is 23.1 Å². The minimum Gasteiger partial charge on any atom is -0.153 e. The lowest BCUT2D eigenvalue weighted by atomic mass is 9.74. The van der Waals surface area contributed by atoms with Gasteiger partial charge in [0.05, 0.1) is 4.32 Å². The zero-order valence-electron chi connectivity index (χ0n) is 19.7.